The van der Waals surface area contributed by atoms with Gasteiger partial charge < -0.3 is 5.11 Å². The van der Waals surface area contributed by atoms with Gasteiger partial charge in [0.05, 0.1) is 12.0 Å². The molecule has 24 heavy (non-hydrogen) atoms. The maximum atomic E-state index is 14.5. The van der Waals surface area contributed by atoms with Crippen molar-refractivity contribution in [3.05, 3.63) is 69.9 Å². The molecule has 2 aromatic rings. The smallest absolute Gasteiger partial charge is 0.307 e. The fourth-order valence-electron chi connectivity index (χ4n) is 3.37. The summed E-state index contributed by atoms with van der Waals surface area (Å²) in [5.74, 6) is -1.44. The number of carbonyl (C=O) groups is 1. The van der Waals surface area contributed by atoms with Gasteiger partial charge in [0.1, 0.15) is 5.82 Å². The van der Waals surface area contributed by atoms with Crippen molar-refractivity contribution in [2.24, 2.45) is 5.92 Å². The number of carboxylic acid groups (broad SMARTS) is 1. The molecule has 1 aliphatic heterocycles. The molecule has 1 saturated heterocycles. The molecule has 1 aliphatic rings. The third-order valence-electron chi connectivity index (χ3n) is 4.55. The molecule has 0 aromatic heterocycles. The van der Waals surface area contributed by atoms with Crippen LogP contribution in [0.1, 0.15) is 30.0 Å². The van der Waals surface area contributed by atoms with E-state index in [1.807, 2.05) is 30.3 Å². The van der Waals surface area contributed by atoms with Crippen LogP contribution in [0.5, 0.6) is 0 Å². The Morgan fingerprint density at radius 3 is 2.58 bits per heavy atom. The number of likely N-dealkylation sites (tertiary alicyclic amines) is 1. The number of nitrogens with zero attached hydrogens (tertiary/aromatic N) is 1. The highest BCUT2D eigenvalue weighted by Gasteiger charge is 2.32. The molecule has 0 spiro atoms. The molecule has 2 atom stereocenters. The lowest BCUT2D eigenvalue weighted by Gasteiger charge is -2.37. The topological polar surface area (TPSA) is 40.5 Å². The summed E-state index contributed by atoms with van der Waals surface area (Å²) >= 11 is 3.42. The van der Waals surface area contributed by atoms with Gasteiger partial charge in [-0.3, -0.25) is 9.69 Å². The fourth-order valence-corrected chi connectivity index (χ4v) is 3.64. The molecule has 1 heterocycles. The Labute approximate surface area is 149 Å². The highest BCUT2D eigenvalue weighted by molar-refractivity contribution is 9.10. The van der Waals surface area contributed by atoms with Gasteiger partial charge in [-0.15, -0.1) is 0 Å². The summed E-state index contributed by atoms with van der Waals surface area (Å²) in [5.41, 5.74) is 1.56. The number of benzene rings is 2. The summed E-state index contributed by atoms with van der Waals surface area (Å²) in [4.78, 5) is 13.5. The summed E-state index contributed by atoms with van der Waals surface area (Å²) in [7, 11) is 0. The Balaban J connectivity index is 2.00. The molecular formula is C19H19BrFNO2. The molecule has 3 nitrogen and oxygen atoms in total. The summed E-state index contributed by atoms with van der Waals surface area (Å²) in [6.07, 6.45) is 1.48. The van der Waals surface area contributed by atoms with Crippen molar-refractivity contribution in [2.45, 2.75) is 18.9 Å². The van der Waals surface area contributed by atoms with Crippen molar-refractivity contribution in [2.75, 3.05) is 13.1 Å². The van der Waals surface area contributed by atoms with Crippen LogP contribution in [-0.2, 0) is 4.79 Å². The van der Waals surface area contributed by atoms with Gasteiger partial charge in [-0.25, -0.2) is 4.39 Å². The quantitative estimate of drug-likeness (QED) is 0.835. The summed E-state index contributed by atoms with van der Waals surface area (Å²) in [6, 6.07) is 14.3. The number of rotatable bonds is 4. The van der Waals surface area contributed by atoms with Gasteiger partial charge in [0.15, 0.2) is 0 Å². The van der Waals surface area contributed by atoms with Gasteiger partial charge in [-0.1, -0.05) is 46.3 Å². The predicted octanol–water partition coefficient (Wildman–Crippen LogP) is 4.47. The van der Waals surface area contributed by atoms with E-state index in [2.05, 4.69) is 20.8 Å². The van der Waals surface area contributed by atoms with Gasteiger partial charge in [0.25, 0.3) is 0 Å². The molecule has 126 valence electrons. The molecule has 5 heteroatoms. The van der Waals surface area contributed by atoms with E-state index in [9.17, 15) is 14.3 Å². The first-order chi connectivity index (χ1) is 11.6. The Kier molecular flexibility index (Phi) is 5.31. The van der Waals surface area contributed by atoms with Crippen LogP contribution in [0.15, 0.2) is 53.0 Å². The van der Waals surface area contributed by atoms with E-state index in [0.29, 0.717) is 18.5 Å². The zero-order valence-electron chi connectivity index (χ0n) is 13.2. The van der Waals surface area contributed by atoms with Crippen molar-refractivity contribution < 1.29 is 14.3 Å². The highest BCUT2D eigenvalue weighted by atomic mass is 79.9. The van der Waals surface area contributed by atoms with Crippen LogP contribution in [0.4, 0.5) is 4.39 Å². The maximum absolute atomic E-state index is 14.5. The molecule has 0 aliphatic carbocycles. The van der Waals surface area contributed by atoms with Crippen molar-refractivity contribution in [3.8, 4) is 0 Å². The first-order valence-electron chi connectivity index (χ1n) is 8.03. The van der Waals surface area contributed by atoms with Crippen molar-refractivity contribution in [3.63, 3.8) is 0 Å². The van der Waals surface area contributed by atoms with Gasteiger partial charge in [0, 0.05) is 16.6 Å². The number of carboxylic acids is 1. The zero-order chi connectivity index (χ0) is 17.1. The van der Waals surface area contributed by atoms with Crippen LogP contribution in [-0.4, -0.2) is 29.1 Å². The molecule has 1 fully saturated rings. The summed E-state index contributed by atoms with van der Waals surface area (Å²) < 4.78 is 15.4. The maximum Gasteiger partial charge on any atom is 0.307 e. The van der Waals surface area contributed by atoms with Gasteiger partial charge in [0.2, 0.25) is 0 Å². The van der Waals surface area contributed by atoms with Crippen LogP contribution in [0, 0.1) is 11.7 Å². The monoisotopic (exact) mass is 391 g/mol. The van der Waals surface area contributed by atoms with Gasteiger partial charge in [-0.2, -0.15) is 0 Å². The van der Waals surface area contributed by atoms with Crippen LogP contribution in [0.3, 0.4) is 0 Å². The highest BCUT2D eigenvalue weighted by Crippen LogP contribution is 2.34. The van der Waals surface area contributed by atoms with Crippen LogP contribution in [0.25, 0.3) is 0 Å². The van der Waals surface area contributed by atoms with E-state index in [1.165, 1.54) is 6.07 Å². The predicted molar refractivity (Wildman–Crippen MR) is 94.3 cm³/mol. The van der Waals surface area contributed by atoms with Gasteiger partial charge in [-0.05, 0) is 43.1 Å². The molecule has 0 bridgehead atoms. The Morgan fingerprint density at radius 1 is 1.21 bits per heavy atom. The van der Waals surface area contributed by atoms with E-state index >= 15 is 0 Å². The van der Waals surface area contributed by atoms with Crippen molar-refractivity contribution in [1.29, 1.82) is 0 Å². The van der Waals surface area contributed by atoms with E-state index < -0.39 is 11.9 Å². The SMILES string of the molecule is O=C(O)C1CCCN(C(c2ccc(Br)cc2)c2ccccc2F)C1. The van der Waals surface area contributed by atoms with Crippen LogP contribution >= 0.6 is 15.9 Å². The lowest BCUT2D eigenvalue weighted by Crippen LogP contribution is -2.41. The van der Waals surface area contributed by atoms with E-state index in [4.69, 9.17) is 0 Å². The standard InChI is InChI=1S/C19H19BrFNO2/c20-15-9-7-13(8-10-15)18(16-5-1-2-6-17(16)21)22-11-3-4-14(12-22)19(23)24/h1-2,5-10,14,18H,3-4,11-12H2,(H,23,24). The minimum absolute atomic E-state index is 0.261. The number of hydrogen-bond acceptors (Lipinski definition) is 2. The fraction of sp³-hybridized carbons (Fsp3) is 0.316. The Bertz CT molecular complexity index is 720. The first-order valence-corrected chi connectivity index (χ1v) is 8.82. The molecule has 1 N–H and O–H groups in total. The normalized spacial score (nSPS) is 19.8. The number of piperidine rings is 1. The number of aliphatic carboxylic acids is 1. The first kappa shape index (κ1) is 17.1. The molecule has 2 unspecified atom stereocenters. The third kappa shape index (κ3) is 3.68. The minimum Gasteiger partial charge on any atom is -0.481 e. The molecule has 0 amide bonds. The average molecular weight is 392 g/mol. The molecule has 2 aromatic carbocycles. The van der Waals surface area contributed by atoms with E-state index in [1.54, 1.807) is 12.1 Å². The Hall–Kier alpha value is -1.72. The second kappa shape index (κ2) is 7.45. The summed E-state index contributed by atoms with van der Waals surface area (Å²) in [5, 5.41) is 9.36. The van der Waals surface area contributed by atoms with Crippen molar-refractivity contribution in [1.82, 2.24) is 4.90 Å². The van der Waals surface area contributed by atoms with Crippen LogP contribution in [0.2, 0.25) is 0 Å². The lowest BCUT2D eigenvalue weighted by atomic mass is 9.91. The molecule has 0 saturated carbocycles. The zero-order valence-corrected chi connectivity index (χ0v) is 14.7. The number of halogens is 2. The largest absolute Gasteiger partial charge is 0.481 e. The molecule has 0 radical (unpaired) electrons. The third-order valence-corrected chi connectivity index (χ3v) is 5.08. The summed E-state index contributed by atoms with van der Waals surface area (Å²) in [6.45, 7) is 1.20. The Morgan fingerprint density at radius 2 is 1.92 bits per heavy atom. The minimum atomic E-state index is -0.775. The van der Waals surface area contributed by atoms with Gasteiger partial charge >= 0.3 is 5.97 Å². The molecule has 3 rings (SSSR count). The van der Waals surface area contributed by atoms with E-state index in [-0.39, 0.29) is 11.9 Å². The van der Waals surface area contributed by atoms with Crippen LogP contribution < -0.4 is 0 Å². The van der Waals surface area contributed by atoms with Crippen molar-refractivity contribution >= 4 is 21.9 Å². The van der Waals surface area contributed by atoms with E-state index in [0.717, 1.165) is 23.0 Å². The average Bonchev–Trinajstić information content (AvgIpc) is 2.59. The number of hydrogen-bond donors (Lipinski definition) is 1. The second-order valence-electron chi connectivity index (χ2n) is 6.15. The molecular weight excluding hydrogens is 373 g/mol. The lowest BCUT2D eigenvalue weighted by molar-refractivity contribution is -0.143. The second-order valence-corrected chi connectivity index (χ2v) is 7.06.